The molecule has 0 spiro atoms. The molecular weight excluding hydrogens is 440 g/mol. The van der Waals surface area contributed by atoms with Crippen LogP contribution in [0.25, 0.3) is 11.1 Å². The van der Waals surface area contributed by atoms with Gasteiger partial charge in [-0.3, -0.25) is 10.3 Å². The maximum Gasteiger partial charge on any atom is 0.184 e. The molecule has 1 aliphatic rings. The minimum atomic E-state index is 0.141. The van der Waals surface area contributed by atoms with E-state index in [-0.39, 0.29) is 5.11 Å². The van der Waals surface area contributed by atoms with Gasteiger partial charge in [-0.1, -0.05) is 41.9 Å². The molecule has 1 aromatic heterocycles. The lowest BCUT2D eigenvalue weighted by molar-refractivity contribution is 0.249. The quantitative estimate of drug-likeness (QED) is 0.327. The molecule has 1 aliphatic heterocycles. The molecule has 164 valence electrons. The van der Waals surface area contributed by atoms with Crippen molar-refractivity contribution in [2.24, 2.45) is 10.8 Å². The highest BCUT2D eigenvalue weighted by Crippen LogP contribution is 2.23. The van der Waals surface area contributed by atoms with Gasteiger partial charge in [-0.25, -0.2) is 4.98 Å². The van der Waals surface area contributed by atoms with Gasteiger partial charge in [0.15, 0.2) is 5.11 Å². The Morgan fingerprint density at radius 2 is 1.88 bits per heavy atom. The zero-order valence-electron chi connectivity index (χ0n) is 17.6. The highest BCUT2D eigenvalue weighted by atomic mass is 35.5. The highest BCUT2D eigenvalue weighted by molar-refractivity contribution is 7.80. The third-order valence-corrected chi connectivity index (χ3v) is 5.67. The third-order valence-electron chi connectivity index (χ3n) is 5.35. The van der Waals surface area contributed by atoms with Crippen LogP contribution in [-0.2, 0) is 6.54 Å². The monoisotopic (exact) mass is 464 g/mol. The summed E-state index contributed by atoms with van der Waals surface area (Å²) in [5.74, 6) is 1.01. The van der Waals surface area contributed by atoms with E-state index in [1.54, 1.807) is 6.21 Å². The number of hydrogen-bond donors (Lipinski definition) is 2. The molecule has 1 saturated heterocycles. The molecule has 0 saturated carbocycles. The van der Waals surface area contributed by atoms with Crippen molar-refractivity contribution in [3.05, 3.63) is 83.0 Å². The van der Waals surface area contributed by atoms with Crippen LogP contribution in [0.15, 0.2) is 72.0 Å². The molecular formula is C24H25ClN6S. The lowest BCUT2D eigenvalue weighted by atomic mass is 10.1. The number of hydrogen-bond acceptors (Lipinski definition) is 5. The van der Waals surface area contributed by atoms with Gasteiger partial charge in [-0.2, -0.15) is 5.10 Å². The van der Waals surface area contributed by atoms with Crippen molar-refractivity contribution in [3.8, 4) is 11.1 Å². The Kier molecular flexibility index (Phi) is 7.32. The van der Waals surface area contributed by atoms with E-state index < -0.39 is 0 Å². The van der Waals surface area contributed by atoms with E-state index in [0.29, 0.717) is 0 Å². The fourth-order valence-corrected chi connectivity index (χ4v) is 4.01. The molecule has 0 radical (unpaired) electrons. The lowest BCUT2D eigenvalue weighted by Gasteiger charge is -2.35. The molecule has 4 rings (SSSR count). The predicted molar refractivity (Wildman–Crippen MR) is 136 cm³/mol. The van der Waals surface area contributed by atoms with Crippen LogP contribution in [0, 0.1) is 0 Å². The van der Waals surface area contributed by atoms with Crippen LogP contribution >= 0.6 is 23.8 Å². The van der Waals surface area contributed by atoms with Gasteiger partial charge in [-0.15, -0.1) is 0 Å². The normalized spacial score (nSPS) is 14.6. The van der Waals surface area contributed by atoms with E-state index in [1.165, 1.54) is 5.56 Å². The second-order valence-electron chi connectivity index (χ2n) is 7.66. The molecule has 3 N–H and O–H groups in total. The largest absolute Gasteiger partial charge is 0.375 e. The van der Waals surface area contributed by atoms with Crippen LogP contribution in [0.5, 0.6) is 0 Å². The van der Waals surface area contributed by atoms with E-state index >= 15 is 0 Å². The minimum Gasteiger partial charge on any atom is -0.375 e. The van der Waals surface area contributed by atoms with Gasteiger partial charge in [0.1, 0.15) is 5.82 Å². The number of pyridine rings is 1. The Bertz CT molecular complexity index is 1090. The fraction of sp³-hybridized carbons (Fsp3) is 0.208. The van der Waals surface area contributed by atoms with Gasteiger partial charge < -0.3 is 10.6 Å². The Morgan fingerprint density at radius 1 is 1.06 bits per heavy atom. The Morgan fingerprint density at radius 3 is 2.59 bits per heavy atom. The van der Waals surface area contributed by atoms with Crippen LogP contribution in [0.4, 0.5) is 5.82 Å². The lowest BCUT2D eigenvalue weighted by Crippen LogP contribution is -2.46. The predicted octanol–water partition coefficient (Wildman–Crippen LogP) is 3.89. The first-order valence-corrected chi connectivity index (χ1v) is 11.2. The van der Waals surface area contributed by atoms with Crippen LogP contribution in [0.1, 0.15) is 11.1 Å². The van der Waals surface area contributed by atoms with Crippen molar-refractivity contribution in [2.75, 3.05) is 31.1 Å². The van der Waals surface area contributed by atoms with Crippen molar-refractivity contribution in [1.82, 2.24) is 15.3 Å². The van der Waals surface area contributed by atoms with Crippen molar-refractivity contribution in [2.45, 2.75) is 6.54 Å². The summed E-state index contributed by atoms with van der Waals surface area (Å²) in [4.78, 5) is 9.51. The Balaban J connectivity index is 1.35. The summed E-state index contributed by atoms with van der Waals surface area (Å²) >= 11 is 10.9. The van der Waals surface area contributed by atoms with Crippen LogP contribution in [0.3, 0.4) is 0 Å². The fourth-order valence-electron chi connectivity index (χ4n) is 3.74. The summed E-state index contributed by atoms with van der Waals surface area (Å²) in [7, 11) is 0. The standard InChI is InChI=1S/C24H25ClN6S/c25-22-6-2-4-19(14-22)17-30-9-11-31(12-10-30)23-8-7-21(16-27-23)20-5-1-3-18(13-20)15-28-29-24(26)32/h1-8,13-16H,9-12,17H2,(H3,26,29,32)/b28-15+. The molecule has 0 atom stereocenters. The summed E-state index contributed by atoms with van der Waals surface area (Å²) in [5.41, 5.74) is 12.3. The van der Waals surface area contributed by atoms with Crippen LogP contribution in [0.2, 0.25) is 5.02 Å². The number of anilines is 1. The second-order valence-corrected chi connectivity index (χ2v) is 8.53. The second kappa shape index (κ2) is 10.5. The first kappa shape index (κ1) is 22.2. The average Bonchev–Trinajstić information content (AvgIpc) is 2.80. The van der Waals surface area contributed by atoms with Crippen molar-refractivity contribution >= 4 is 41.0 Å². The summed E-state index contributed by atoms with van der Waals surface area (Å²) in [6.07, 6.45) is 3.62. The molecule has 0 amide bonds. The Hall–Kier alpha value is -3.00. The van der Waals surface area contributed by atoms with E-state index in [4.69, 9.17) is 34.5 Å². The average molecular weight is 465 g/mol. The molecule has 1 fully saturated rings. The van der Waals surface area contributed by atoms with Gasteiger partial charge in [0.25, 0.3) is 0 Å². The van der Waals surface area contributed by atoms with Gasteiger partial charge >= 0.3 is 0 Å². The van der Waals surface area contributed by atoms with Gasteiger partial charge in [0.2, 0.25) is 0 Å². The third kappa shape index (κ3) is 6.03. The van der Waals surface area contributed by atoms with Crippen molar-refractivity contribution in [1.29, 1.82) is 0 Å². The summed E-state index contributed by atoms with van der Waals surface area (Å²) in [6.45, 7) is 4.83. The van der Waals surface area contributed by atoms with E-state index in [9.17, 15) is 0 Å². The number of hydrazone groups is 1. The van der Waals surface area contributed by atoms with Gasteiger partial charge in [0.05, 0.1) is 6.21 Å². The number of aromatic nitrogens is 1. The molecule has 3 aromatic rings. The molecule has 8 heteroatoms. The van der Waals surface area contributed by atoms with Crippen LogP contribution in [-0.4, -0.2) is 47.4 Å². The minimum absolute atomic E-state index is 0.141. The smallest absolute Gasteiger partial charge is 0.184 e. The maximum absolute atomic E-state index is 6.11. The molecule has 2 heterocycles. The summed E-state index contributed by atoms with van der Waals surface area (Å²) in [6, 6.07) is 20.4. The van der Waals surface area contributed by atoms with E-state index in [2.05, 4.69) is 50.7 Å². The summed E-state index contributed by atoms with van der Waals surface area (Å²) < 4.78 is 0. The topological polar surface area (TPSA) is 69.8 Å². The number of piperazine rings is 1. The van der Waals surface area contributed by atoms with Gasteiger partial charge in [0, 0.05) is 49.5 Å². The number of thiocarbonyl (C=S) groups is 1. The first-order valence-electron chi connectivity index (χ1n) is 10.4. The van der Waals surface area contributed by atoms with Gasteiger partial charge in [-0.05, 0) is 59.2 Å². The van der Waals surface area contributed by atoms with Crippen molar-refractivity contribution in [3.63, 3.8) is 0 Å². The van der Waals surface area contributed by atoms with Crippen molar-refractivity contribution < 1.29 is 0 Å². The number of benzene rings is 2. The molecule has 0 unspecified atom stereocenters. The summed E-state index contributed by atoms with van der Waals surface area (Å²) in [5, 5.41) is 4.95. The molecule has 0 bridgehead atoms. The van der Waals surface area contributed by atoms with E-state index in [1.807, 2.05) is 36.5 Å². The SMILES string of the molecule is NC(=S)N/N=C/c1cccc(-c2ccc(N3CCN(Cc4cccc(Cl)c4)CC3)nc2)c1. The Labute approximate surface area is 198 Å². The first-order chi connectivity index (χ1) is 15.6. The number of nitrogens with two attached hydrogens (primary N) is 1. The number of rotatable bonds is 6. The number of halogens is 1. The molecule has 0 aliphatic carbocycles. The number of nitrogens with zero attached hydrogens (tertiary/aromatic N) is 4. The highest BCUT2D eigenvalue weighted by Gasteiger charge is 2.18. The zero-order valence-corrected chi connectivity index (χ0v) is 19.2. The maximum atomic E-state index is 6.11. The number of nitrogens with one attached hydrogen (secondary N) is 1. The molecule has 32 heavy (non-hydrogen) atoms. The zero-order chi connectivity index (χ0) is 22.3. The van der Waals surface area contributed by atoms with E-state index in [0.717, 1.165) is 60.3 Å². The molecule has 6 nitrogen and oxygen atoms in total. The van der Waals surface area contributed by atoms with Crippen LogP contribution < -0.4 is 16.1 Å². The molecule has 2 aromatic carbocycles.